The van der Waals surface area contributed by atoms with E-state index in [0.29, 0.717) is 5.69 Å². The Morgan fingerprint density at radius 1 is 1.42 bits per heavy atom. The molecule has 2 aromatic rings. The molecule has 0 amide bonds. The maximum Gasteiger partial charge on any atom is 0.353 e. The summed E-state index contributed by atoms with van der Waals surface area (Å²) in [7, 11) is 0. The van der Waals surface area contributed by atoms with Crippen molar-refractivity contribution in [1.29, 1.82) is 0 Å². The first-order chi connectivity index (χ1) is 8.99. The van der Waals surface area contributed by atoms with E-state index >= 15 is 0 Å². The molecular formula is C11H10BrN5O2. The molecule has 1 aromatic heterocycles. The topological polar surface area (TPSA) is 107 Å². The molecule has 0 fully saturated rings. The van der Waals surface area contributed by atoms with E-state index in [9.17, 15) is 10.1 Å². The second-order valence-electron chi connectivity index (χ2n) is 3.80. The van der Waals surface area contributed by atoms with Crippen molar-refractivity contribution in [3.05, 3.63) is 44.7 Å². The lowest BCUT2D eigenvalue weighted by Crippen LogP contribution is -2.05. The molecule has 0 spiro atoms. The minimum absolute atomic E-state index is 0.0632. The number of rotatable bonds is 3. The summed E-state index contributed by atoms with van der Waals surface area (Å²) in [4.78, 5) is 17.8. The molecule has 2 rings (SSSR count). The predicted octanol–water partition coefficient (Wildman–Crippen LogP) is 2.78. The first-order valence-electron chi connectivity index (χ1n) is 5.27. The third-order valence-corrected chi connectivity index (χ3v) is 3.32. The number of hydrogen-bond donors (Lipinski definition) is 2. The van der Waals surface area contributed by atoms with E-state index in [4.69, 9.17) is 5.73 Å². The molecule has 0 unspecified atom stereocenters. The van der Waals surface area contributed by atoms with Crippen molar-refractivity contribution >= 4 is 38.9 Å². The Bertz CT molecular complexity index is 647. The zero-order valence-electron chi connectivity index (χ0n) is 9.92. The van der Waals surface area contributed by atoms with Crippen LogP contribution in [-0.2, 0) is 0 Å². The molecule has 0 aliphatic rings. The molecule has 0 aliphatic heterocycles. The summed E-state index contributed by atoms with van der Waals surface area (Å²) in [6, 6.07) is 5.47. The second kappa shape index (κ2) is 5.19. The lowest BCUT2D eigenvalue weighted by Gasteiger charge is -2.08. The van der Waals surface area contributed by atoms with Crippen molar-refractivity contribution in [1.82, 2.24) is 9.97 Å². The third kappa shape index (κ3) is 2.79. The lowest BCUT2D eigenvalue weighted by atomic mass is 10.2. The predicted molar refractivity (Wildman–Crippen MR) is 75.3 cm³/mol. The highest BCUT2D eigenvalue weighted by Crippen LogP contribution is 2.30. The van der Waals surface area contributed by atoms with Crippen molar-refractivity contribution in [2.24, 2.45) is 0 Å². The van der Waals surface area contributed by atoms with Gasteiger partial charge in [0.1, 0.15) is 6.33 Å². The number of nitrogens with two attached hydrogens (primary N) is 1. The Morgan fingerprint density at radius 3 is 2.79 bits per heavy atom. The minimum atomic E-state index is -0.610. The van der Waals surface area contributed by atoms with E-state index in [-0.39, 0.29) is 17.3 Å². The fourth-order valence-corrected chi connectivity index (χ4v) is 1.85. The molecule has 1 heterocycles. The summed E-state index contributed by atoms with van der Waals surface area (Å²) in [6.45, 7) is 1.94. The number of benzene rings is 1. The highest BCUT2D eigenvalue weighted by Gasteiger charge is 2.20. The summed E-state index contributed by atoms with van der Waals surface area (Å²) in [5, 5.41) is 13.8. The Hall–Kier alpha value is -2.22. The third-order valence-electron chi connectivity index (χ3n) is 2.47. The van der Waals surface area contributed by atoms with Crippen molar-refractivity contribution in [2.45, 2.75) is 6.92 Å². The molecule has 0 atom stereocenters. The average molecular weight is 324 g/mol. The van der Waals surface area contributed by atoms with Crippen LogP contribution in [0.5, 0.6) is 0 Å². The fourth-order valence-electron chi connectivity index (χ4n) is 1.47. The molecule has 0 aliphatic carbocycles. The standard InChI is InChI=1S/C11H10BrN5O2/c1-6-2-3-7(4-8(6)12)16-11-9(17(18)19)10(13)14-5-15-11/h2-5H,1H3,(H3,13,14,15,16). The van der Waals surface area contributed by atoms with Gasteiger partial charge in [-0.15, -0.1) is 0 Å². The summed E-state index contributed by atoms with van der Waals surface area (Å²) < 4.78 is 0.891. The smallest absolute Gasteiger partial charge is 0.353 e. The van der Waals surface area contributed by atoms with E-state index in [0.717, 1.165) is 10.0 Å². The van der Waals surface area contributed by atoms with Crippen molar-refractivity contribution in [3.8, 4) is 0 Å². The van der Waals surface area contributed by atoms with Crippen LogP contribution >= 0.6 is 15.9 Å². The first kappa shape index (κ1) is 13.2. The number of nitrogens with one attached hydrogen (secondary N) is 1. The Kier molecular flexibility index (Phi) is 3.61. The summed E-state index contributed by atoms with van der Waals surface area (Å²) in [6.07, 6.45) is 1.17. The van der Waals surface area contributed by atoms with Crippen LogP contribution in [0.15, 0.2) is 29.0 Å². The number of anilines is 3. The zero-order chi connectivity index (χ0) is 14.0. The summed E-state index contributed by atoms with van der Waals surface area (Å²) in [5.41, 5.74) is 6.88. The van der Waals surface area contributed by atoms with E-state index in [1.54, 1.807) is 12.1 Å². The van der Waals surface area contributed by atoms with Crippen LogP contribution in [0.25, 0.3) is 0 Å². The largest absolute Gasteiger partial charge is 0.378 e. The number of nitrogens with zero attached hydrogens (tertiary/aromatic N) is 3. The quantitative estimate of drug-likeness (QED) is 0.664. The van der Waals surface area contributed by atoms with Crippen LogP contribution in [0.4, 0.5) is 23.0 Å². The Morgan fingerprint density at radius 2 is 2.16 bits per heavy atom. The normalized spacial score (nSPS) is 10.2. The van der Waals surface area contributed by atoms with Gasteiger partial charge >= 0.3 is 5.69 Å². The van der Waals surface area contributed by atoms with E-state index in [1.165, 1.54) is 6.33 Å². The molecule has 0 saturated heterocycles. The first-order valence-corrected chi connectivity index (χ1v) is 6.06. The number of nitro groups is 1. The highest BCUT2D eigenvalue weighted by atomic mass is 79.9. The van der Waals surface area contributed by atoms with E-state index < -0.39 is 4.92 Å². The van der Waals surface area contributed by atoms with Crippen LogP contribution in [-0.4, -0.2) is 14.9 Å². The number of halogens is 1. The molecule has 0 saturated carbocycles. The monoisotopic (exact) mass is 323 g/mol. The molecule has 0 bridgehead atoms. The summed E-state index contributed by atoms with van der Waals surface area (Å²) >= 11 is 3.39. The fraction of sp³-hybridized carbons (Fsp3) is 0.0909. The number of aromatic nitrogens is 2. The molecule has 0 radical (unpaired) electrons. The molecule has 1 aromatic carbocycles. The van der Waals surface area contributed by atoms with Crippen LogP contribution in [0.2, 0.25) is 0 Å². The van der Waals surface area contributed by atoms with Crippen LogP contribution in [0.1, 0.15) is 5.56 Å². The van der Waals surface area contributed by atoms with Gasteiger partial charge in [-0.25, -0.2) is 9.97 Å². The molecule has 8 heteroatoms. The molecule has 7 nitrogen and oxygen atoms in total. The van der Waals surface area contributed by atoms with Gasteiger partial charge in [0.05, 0.1) is 4.92 Å². The Labute approximate surface area is 117 Å². The van der Waals surface area contributed by atoms with Crippen molar-refractivity contribution in [3.63, 3.8) is 0 Å². The van der Waals surface area contributed by atoms with Gasteiger partial charge in [0, 0.05) is 10.2 Å². The number of aryl methyl sites for hydroxylation is 1. The SMILES string of the molecule is Cc1ccc(Nc2ncnc(N)c2[N+](=O)[O-])cc1Br. The van der Waals surface area contributed by atoms with E-state index in [2.05, 4.69) is 31.2 Å². The highest BCUT2D eigenvalue weighted by molar-refractivity contribution is 9.10. The molecule has 98 valence electrons. The van der Waals surface area contributed by atoms with Gasteiger partial charge in [0.2, 0.25) is 11.6 Å². The van der Waals surface area contributed by atoms with Gasteiger partial charge in [-0.05, 0) is 24.6 Å². The maximum atomic E-state index is 11.0. The van der Waals surface area contributed by atoms with Gasteiger partial charge in [-0.2, -0.15) is 0 Å². The maximum absolute atomic E-state index is 11.0. The van der Waals surface area contributed by atoms with Gasteiger partial charge in [-0.1, -0.05) is 22.0 Å². The molecule has 19 heavy (non-hydrogen) atoms. The van der Waals surface area contributed by atoms with E-state index in [1.807, 2.05) is 13.0 Å². The van der Waals surface area contributed by atoms with Gasteiger partial charge in [0.15, 0.2) is 0 Å². The van der Waals surface area contributed by atoms with Gasteiger partial charge < -0.3 is 11.1 Å². The second-order valence-corrected chi connectivity index (χ2v) is 4.66. The van der Waals surface area contributed by atoms with Crippen molar-refractivity contribution in [2.75, 3.05) is 11.1 Å². The number of nitrogen functional groups attached to an aromatic ring is 1. The van der Waals surface area contributed by atoms with Crippen LogP contribution < -0.4 is 11.1 Å². The van der Waals surface area contributed by atoms with Gasteiger partial charge in [0.25, 0.3) is 0 Å². The Balaban J connectivity index is 2.40. The average Bonchev–Trinajstić information content (AvgIpc) is 2.33. The molecule has 3 N–H and O–H groups in total. The summed E-state index contributed by atoms with van der Waals surface area (Å²) in [5.74, 6) is -0.109. The van der Waals surface area contributed by atoms with Crippen LogP contribution in [0, 0.1) is 17.0 Å². The van der Waals surface area contributed by atoms with Crippen LogP contribution in [0.3, 0.4) is 0 Å². The zero-order valence-corrected chi connectivity index (χ0v) is 11.5. The number of hydrogen-bond acceptors (Lipinski definition) is 6. The lowest BCUT2D eigenvalue weighted by molar-refractivity contribution is -0.383. The molecular weight excluding hydrogens is 314 g/mol. The van der Waals surface area contributed by atoms with Gasteiger partial charge in [-0.3, -0.25) is 10.1 Å². The minimum Gasteiger partial charge on any atom is -0.378 e. The van der Waals surface area contributed by atoms with Crippen molar-refractivity contribution < 1.29 is 4.92 Å².